The van der Waals surface area contributed by atoms with E-state index in [1.54, 1.807) is 0 Å². The second kappa shape index (κ2) is 8.55. The molecule has 11 heteroatoms. The van der Waals surface area contributed by atoms with Crippen LogP contribution in [-0.2, 0) is 4.74 Å². The first-order valence-corrected chi connectivity index (χ1v) is 10.4. The lowest BCUT2D eigenvalue weighted by molar-refractivity contribution is 0.126. The van der Waals surface area contributed by atoms with Crippen molar-refractivity contribution in [1.29, 1.82) is 0 Å². The highest BCUT2D eigenvalue weighted by Crippen LogP contribution is 2.32. The Labute approximate surface area is 184 Å². The highest BCUT2D eigenvalue weighted by atomic mass is 19.1. The van der Waals surface area contributed by atoms with E-state index in [4.69, 9.17) is 7.48 Å². The van der Waals surface area contributed by atoms with Gasteiger partial charge in [0.15, 0.2) is 17.3 Å². The number of nitrogens with one attached hydrogen (secondary N) is 2. The van der Waals surface area contributed by atoms with Gasteiger partial charge in [-0.05, 0) is 32.1 Å². The van der Waals surface area contributed by atoms with E-state index in [1.807, 2.05) is 0 Å². The normalized spacial score (nSPS) is 29.1. The van der Waals surface area contributed by atoms with Crippen LogP contribution in [0, 0.1) is 17.5 Å². The predicted molar refractivity (Wildman–Crippen MR) is 111 cm³/mol. The molecule has 3 aromatic rings. The number of aromatic nitrogens is 4. The quantitative estimate of drug-likeness (QED) is 0.546. The van der Waals surface area contributed by atoms with Gasteiger partial charge in [-0.3, -0.25) is 4.57 Å². The summed E-state index contributed by atoms with van der Waals surface area (Å²) in [6.45, 7) is -2.08. The minimum absolute atomic E-state index is 0.0356. The molecule has 1 aliphatic heterocycles. The maximum Gasteiger partial charge on any atom is 0.224 e. The fraction of sp³-hybridized carbons (Fsp3) is 0.476. The molecule has 5 rings (SSSR count). The van der Waals surface area contributed by atoms with Gasteiger partial charge >= 0.3 is 0 Å². The smallest absolute Gasteiger partial charge is 0.224 e. The van der Waals surface area contributed by atoms with E-state index >= 15 is 0 Å². The van der Waals surface area contributed by atoms with Gasteiger partial charge in [0.2, 0.25) is 11.9 Å². The van der Waals surface area contributed by atoms with Crippen molar-refractivity contribution < 1.29 is 25.8 Å². The molecule has 1 aromatic carbocycles. The number of anilines is 3. The lowest BCUT2D eigenvalue weighted by Gasteiger charge is -2.26. The second-order valence-electron chi connectivity index (χ2n) is 7.97. The number of rotatable bonds is 5. The molecule has 2 fully saturated rings. The molecular weight excluding hydrogens is 425 g/mol. The Balaban J connectivity index is 1.54. The van der Waals surface area contributed by atoms with Crippen molar-refractivity contribution in [2.45, 2.75) is 50.3 Å². The molecule has 3 N–H and O–H groups in total. The van der Waals surface area contributed by atoms with Crippen LogP contribution in [0.25, 0.3) is 11.2 Å². The Hall–Kier alpha value is -2.92. The summed E-state index contributed by atoms with van der Waals surface area (Å²) in [6.07, 6.45) is 4.13. The van der Waals surface area contributed by atoms with Crippen LogP contribution in [0.5, 0.6) is 0 Å². The Kier molecular flexibility index (Phi) is 4.98. The molecular formula is C21H23F3N6O2. The Morgan fingerprint density at radius 1 is 1.09 bits per heavy atom. The molecule has 3 heterocycles. The third-order valence-corrected chi connectivity index (χ3v) is 5.71. The van der Waals surface area contributed by atoms with Crippen molar-refractivity contribution in [2.75, 3.05) is 23.8 Å². The number of nitrogens with zero attached hydrogens (tertiary/aromatic N) is 4. The van der Waals surface area contributed by atoms with Crippen LogP contribution >= 0.6 is 0 Å². The molecule has 3 atom stereocenters. The number of fused-ring (bicyclic) bond motifs is 1. The number of aliphatic hydroxyl groups excluding tert-OH is 1. The molecule has 2 aromatic heterocycles. The van der Waals surface area contributed by atoms with E-state index in [9.17, 15) is 18.3 Å². The van der Waals surface area contributed by atoms with E-state index in [1.165, 1.54) is 10.8 Å². The van der Waals surface area contributed by atoms with Crippen LogP contribution in [-0.4, -0.2) is 49.9 Å². The summed E-state index contributed by atoms with van der Waals surface area (Å²) in [5.74, 6) is -3.08. The molecule has 0 radical (unpaired) electrons. The molecule has 170 valence electrons. The highest BCUT2D eigenvalue weighted by Gasteiger charge is 2.27. The fourth-order valence-electron chi connectivity index (χ4n) is 4.06. The molecule has 0 bridgehead atoms. The zero-order valence-electron chi connectivity index (χ0n) is 18.9. The Morgan fingerprint density at radius 2 is 1.84 bits per heavy atom. The number of hydrogen-bond donors (Lipinski definition) is 3. The third-order valence-electron chi connectivity index (χ3n) is 5.71. The molecule has 2 aliphatic rings. The van der Waals surface area contributed by atoms with Gasteiger partial charge in [-0.25, -0.2) is 23.1 Å². The first kappa shape index (κ1) is 18.6. The van der Waals surface area contributed by atoms with Crippen molar-refractivity contribution in [3.8, 4) is 0 Å². The van der Waals surface area contributed by atoms with Crippen LogP contribution < -0.4 is 10.6 Å². The van der Waals surface area contributed by atoms with Gasteiger partial charge in [0.05, 0.1) is 27.7 Å². The number of imidazole rings is 1. The van der Waals surface area contributed by atoms with E-state index in [0.717, 1.165) is 12.8 Å². The van der Waals surface area contributed by atoms with Crippen LogP contribution in [0.1, 0.15) is 40.9 Å². The third kappa shape index (κ3) is 4.09. The first-order valence-electron chi connectivity index (χ1n) is 11.5. The van der Waals surface area contributed by atoms with Gasteiger partial charge in [-0.2, -0.15) is 4.98 Å². The van der Waals surface area contributed by atoms with Gasteiger partial charge in [-0.15, -0.1) is 0 Å². The minimum Gasteiger partial charge on any atom is -0.393 e. The van der Waals surface area contributed by atoms with Crippen molar-refractivity contribution in [2.24, 2.45) is 0 Å². The summed E-state index contributed by atoms with van der Waals surface area (Å²) in [4.78, 5) is 13.2. The Morgan fingerprint density at radius 3 is 2.53 bits per heavy atom. The Bertz CT molecular complexity index is 1180. The van der Waals surface area contributed by atoms with Crippen molar-refractivity contribution in [3.63, 3.8) is 0 Å². The van der Waals surface area contributed by atoms with Crippen molar-refractivity contribution >= 4 is 28.7 Å². The summed E-state index contributed by atoms with van der Waals surface area (Å²) in [5, 5.41) is 15.5. The number of ether oxygens (including phenoxy) is 1. The summed E-state index contributed by atoms with van der Waals surface area (Å²) in [5.41, 5.74) is -0.0118. The molecule has 3 unspecified atom stereocenters. The van der Waals surface area contributed by atoms with Crippen LogP contribution in [0.3, 0.4) is 0 Å². The maximum absolute atomic E-state index is 14.3. The highest BCUT2D eigenvalue weighted by molar-refractivity contribution is 5.76. The molecule has 0 amide bonds. The fourth-order valence-corrected chi connectivity index (χ4v) is 4.06. The van der Waals surface area contributed by atoms with Gasteiger partial charge in [0, 0.05) is 24.8 Å². The first-order chi connectivity index (χ1) is 16.3. The van der Waals surface area contributed by atoms with Gasteiger partial charge in [0.25, 0.3) is 0 Å². The number of hydrogen-bond acceptors (Lipinski definition) is 7. The SMILES string of the molecule is [2H]C1CC(n2c(Nc3c(F)cc(F)cc3F)nc3cnc(NC4CCC(O)CC4)nc32)C([2H])O1. The van der Waals surface area contributed by atoms with Crippen molar-refractivity contribution in [1.82, 2.24) is 19.5 Å². The maximum atomic E-state index is 14.3. The second-order valence-corrected chi connectivity index (χ2v) is 7.97. The largest absolute Gasteiger partial charge is 0.393 e. The summed E-state index contributed by atoms with van der Waals surface area (Å²) < 4.78 is 64.9. The molecule has 0 spiro atoms. The summed E-state index contributed by atoms with van der Waals surface area (Å²) in [6, 6.07) is 0.461. The van der Waals surface area contributed by atoms with Crippen LogP contribution in [0.2, 0.25) is 0 Å². The van der Waals surface area contributed by atoms with Crippen molar-refractivity contribution in [3.05, 3.63) is 35.8 Å². The van der Waals surface area contributed by atoms with E-state index in [2.05, 4.69) is 25.6 Å². The number of halogens is 3. The van der Waals surface area contributed by atoms with E-state index in [-0.39, 0.29) is 24.5 Å². The van der Waals surface area contributed by atoms with Crippen LogP contribution in [0.15, 0.2) is 18.3 Å². The van der Waals surface area contributed by atoms with Crippen LogP contribution in [0.4, 0.5) is 30.8 Å². The predicted octanol–water partition coefficient (Wildman–Crippen LogP) is 3.66. The summed E-state index contributed by atoms with van der Waals surface area (Å²) >= 11 is 0. The number of benzene rings is 1. The standard InChI is InChI=1S/C21H23F3N6O2/c22-11-7-15(23)18(16(24)8-11)28-21-27-17-9-25-20(26-12-1-3-14(31)4-2-12)29-19(17)30(21)13-5-6-32-10-13/h7-9,12-14,31H,1-6,10H2,(H,27,28)(H,25,26,29)/i6D,10D. The summed E-state index contributed by atoms with van der Waals surface area (Å²) in [7, 11) is 0. The van der Waals surface area contributed by atoms with Gasteiger partial charge < -0.3 is 20.5 Å². The lowest BCUT2D eigenvalue weighted by Crippen LogP contribution is -2.29. The lowest BCUT2D eigenvalue weighted by atomic mass is 9.93. The zero-order valence-corrected chi connectivity index (χ0v) is 16.9. The minimum atomic E-state index is -1.15. The average Bonchev–Trinajstić information content (AvgIpc) is 3.30. The molecule has 1 aliphatic carbocycles. The monoisotopic (exact) mass is 450 g/mol. The van der Waals surface area contributed by atoms with Gasteiger partial charge in [0.1, 0.15) is 17.0 Å². The molecule has 1 saturated heterocycles. The van der Waals surface area contributed by atoms with Gasteiger partial charge in [-0.1, -0.05) is 0 Å². The average molecular weight is 450 g/mol. The van der Waals surface area contributed by atoms with E-state index in [0.29, 0.717) is 42.1 Å². The zero-order chi connectivity index (χ0) is 24.0. The number of aliphatic hydroxyl groups is 1. The molecule has 8 nitrogen and oxygen atoms in total. The molecule has 32 heavy (non-hydrogen) atoms. The molecule has 1 saturated carbocycles. The topological polar surface area (TPSA) is 97.1 Å². The van der Waals surface area contributed by atoms with E-state index < -0.39 is 42.3 Å².